The van der Waals surface area contributed by atoms with Gasteiger partial charge in [-0.15, -0.1) is 0 Å². The number of nitrogens with one attached hydrogen (secondary N) is 1. The predicted octanol–water partition coefficient (Wildman–Crippen LogP) is 1.87. The van der Waals surface area contributed by atoms with Crippen LogP contribution in [0.15, 0.2) is 18.3 Å². The Bertz CT molecular complexity index is 298. The second-order valence-corrected chi connectivity index (χ2v) is 3.98. The highest BCUT2D eigenvalue weighted by Crippen LogP contribution is 2.17. The highest BCUT2D eigenvalue weighted by molar-refractivity contribution is 5.60. The second kappa shape index (κ2) is 7.06. The molecular formula is C12H21N3O. The summed E-state index contributed by atoms with van der Waals surface area (Å²) in [5.41, 5.74) is 6.61. The minimum absolute atomic E-state index is 0.245. The maximum absolute atomic E-state index is 8.95. The van der Waals surface area contributed by atoms with Crippen LogP contribution in [0.4, 0.5) is 11.5 Å². The molecule has 1 unspecified atom stereocenters. The SMILES string of the molecule is CCCC(CCO)CNc1cccnc1N. The second-order valence-electron chi connectivity index (χ2n) is 3.98. The first-order chi connectivity index (χ1) is 7.77. The van der Waals surface area contributed by atoms with Gasteiger partial charge in [-0.05, 0) is 30.9 Å². The summed E-state index contributed by atoms with van der Waals surface area (Å²) in [6.07, 6.45) is 4.77. The number of pyridine rings is 1. The quantitative estimate of drug-likeness (QED) is 0.660. The highest BCUT2D eigenvalue weighted by atomic mass is 16.3. The summed E-state index contributed by atoms with van der Waals surface area (Å²) in [5.74, 6) is 1.02. The van der Waals surface area contributed by atoms with Crippen molar-refractivity contribution in [1.29, 1.82) is 0 Å². The molecule has 4 N–H and O–H groups in total. The molecule has 0 aromatic carbocycles. The predicted molar refractivity (Wildman–Crippen MR) is 67.2 cm³/mol. The smallest absolute Gasteiger partial charge is 0.146 e. The van der Waals surface area contributed by atoms with Gasteiger partial charge >= 0.3 is 0 Å². The van der Waals surface area contributed by atoms with Crippen LogP contribution in [0, 0.1) is 5.92 Å². The van der Waals surface area contributed by atoms with E-state index in [2.05, 4.69) is 17.2 Å². The van der Waals surface area contributed by atoms with E-state index in [1.165, 1.54) is 0 Å². The number of aromatic nitrogens is 1. The topological polar surface area (TPSA) is 71.2 Å². The van der Waals surface area contributed by atoms with Crippen LogP contribution in [0.25, 0.3) is 0 Å². The number of nitrogens with two attached hydrogens (primary N) is 1. The number of aliphatic hydroxyl groups excluding tert-OH is 1. The summed E-state index contributed by atoms with van der Waals surface area (Å²) >= 11 is 0. The average molecular weight is 223 g/mol. The number of nitrogens with zero attached hydrogens (tertiary/aromatic N) is 1. The molecule has 1 aromatic heterocycles. The molecule has 4 heteroatoms. The van der Waals surface area contributed by atoms with Crippen LogP contribution in [0.2, 0.25) is 0 Å². The van der Waals surface area contributed by atoms with Crippen molar-refractivity contribution < 1.29 is 5.11 Å². The molecule has 16 heavy (non-hydrogen) atoms. The van der Waals surface area contributed by atoms with Crippen LogP contribution in [0.3, 0.4) is 0 Å². The van der Waals surface area contributed by atoms with Gasteiger partial charge in [-0.3, -0.25) is 0 Å². The lowest BCUT2D eigenvalue weighted by Gasteiger charge is -2.16. The van der Waals surface area contributed by atoms with Crippen molar-refractivity contribution in [2.75, 3.05) is 24.2 Å². The molecule has 0 saturated carbocycles. The molecule has 1 rings (SSSR count). The third-order valence-corrected chi connectivity index (χ3v) is 2.65. The van der Waals surface area contributed by atoms with Crippen LogP contribution >= 0.6 is 0 Å². The van der Waals surface area contributed by atoms with Crippen molar-refractivity contribution in [3.8, 4) is 0 Å². The Labute approximate surface area is 96.9 Å². The molecule has 1 aromatic rings. The molecule has 0 aliphatic carbocycles. The number of anilines is 2. The van der Waals surface area contributed by atoms with Gasteiger partial charge in [-0.1, -0.05) is 13.3 Å². The van der Waals surface area contributed by atoms with Gasteiger partial charge in [0.25, 0.3) is 0 Å². The zero-order valence-corrected chi connectivity index (χ0v) is 9.82. The normalized spacial score (nSPS) is 12.4. The number of nitrogen functional groups attached to an aromatic ring is 1. The van der Waals surface area contributed by atoms with E-state index in [0.29, 0.717) is 11.7 Å². The van der Waals surface area contributed by atoms with Gasteiger partial charge in [0, 0.05) is 19.3 Å². The molecule has 0 saturated heterocycles. The van der Waals surface area contributed by atoms with Gasteiger partial charge in [-0.2, -0.15) is 0 Å². The Morgan fingerprint density at radius 3 is 2.94 bits per heavy atom. The summed E-state index contributed by atoms with van der Waals surface area (Å²) in [7, 11) is 0. The molecule has 1 heterocycles. The first-order valence-corrected chi connectivity index (χ1v) is 5.83. The molecule has 0 bridgehead atoms. The van der Waals surface area contributed by atoms with E-state index in [-0.39, 0.29) is 6.61 Å². The van der Waals surface area contributed by atoms with Crippen molar-refractivity contribution in [1.82, 2.24) is 4.98 Å². The number of rotatable bonds is 7. The first-order valence-electron chi connectivity index (χ1n) is 5.83. The Morgan fingerprint density at radius 2 is 2.31 bits per heavy atom. The van der Waals surface area contributed by atoms with Gasteiger partial charge in [-0.25, -0.2) is 4.98 Å². The molecule has 4 nitrogen and oxygen atoms in total. The summed E-state index contributed by atoms with van der Waals surface area (Å²) in [6.45, 7) is 3.24. The number of hydrogen-bond donors (Lipinski definition) is 3. The Morgan fingerprint density at radius 1 is 1.50 bits per heavy atom. The molecule has 0 aliphatic rings. The van der Waals surface area contributed by atoms with Gasteiger partial charge in [0.05, 0.1) is 5.69 Å². The van der Waals surface area contributed by atoms with E-state index in [0.717, 1.165) is 31.5 Å². The standard InChI is InChI=1S/C12H21N3O/c1-2-4-10(6-8-16)9-15-11-5-3-7-14-12(11)13/h3,5,7,10,15-16H,2,4,6,8-9H2,1H3,(H2,13,14). The minimum atomic E-state index is 0.245. The van der Waals surface area contributed by atoms with Crippen LogP contribution in [0.1, 0.15) is 26.2 Å². The molecule has 0 amide bonds. The Kier molecular flexibility index (Phi) is 5.64. The molecule has 0 radical (unpaired) electrons. The van der Waals surface area contributed by atoms with E-state index in [1.807, 2.05) is 12.1 Å². The average Bonchev–Trinajstić information content (AvgIpc) is 2.28. The van der Waals surface area contributed by atoms with E-state index < -0.39 is 0 Å². The molecule has 90 valence electrons. The molecule has 1 atom stereocenters. The Hall–Kier alpha value is -1.29. The zero-order chi connectivity index (χ0) is 11.8. The van der Waals surface area contributed by atoms with E-state index in [4.69, 9.17) is 10.8 Å². The maximum atomic E-state index is 8.95. The monoisotopic (exact) mass is 223 g/mol. The lowest BCUT2D eigenvalue weighted by atomic mass is 10.0. The molecule has 0 aliphatic heterocycles. The largest absolute Gasteiger partial charge is 0.396 e. The van der Waals surface area contributed by atoms with Crippen molar-refractivity contribution in [3.63, 3.8) is 0 Å². The fraction of sp³-hybridized carbons (Fsp3) is 0.583. The van der Waals surface area contributed by atoms with Crippen molar-refractivity contribution >= 4 is 11.5 Å². The summed E-state index contributed by atoms with van der Waals surface area (Å²) in [6, 6.07) is 3.78. The van der Waals surface area contributed by atoms with Gasteiger partial charge < -0.3 is 16.2 Å². The fourth-order valence-corrected chi connectivity index (χ4v) is 1.76. The van der Waals surface area contributed by atoms with E-state index in [1.54, 1.807) is 6.20 Å². The molecule has 0 spiro atoms. The summed E-state index contributed by atoms with van der Waals surface area (Å²) < 4.78 is 0. The van der Waals surface area contributed by atoms with Crippen LogP contribution in [-0.4, -0.2) is 23.2 Å². The molecule has 0 fully saturated rings. The third kappa shape index (κ3) is 4.06. The van der Waals surface area contributed by atoms with Crippen LogP contribution in [0.5, 0.6) is 0 Å². The zero-order valence-electron chi connectivity index (χ0n) is 9.82. The van der Waals surface area contributed by atoms with Crippen molar-refractivity contribution in [2.24, 2.45) is 5.92 Å². The lowest BCUT2D eigenvalue weighted by molar-refractivity contribution is 0.255. The Balaban J connectivity index is 2.45. The van der Waals surface area contributed by atoms with Crippen LogP contribution in [-0.2, 0) is 0 Å². The number of hydrogen-bond acceptors (Lipinski definition) is 4. The van der Waals surface area contributed by atoms with Gasteiger partial charge in [0.2, 0.25) is 0 Å². The highest BCUT2D eigenvalue weighted by Gasteiger charge is 2.07. The summed E-state index contributed by atoms with van der Waals surface area (Å²) in [4.78, 5) is 4.01. The van der Waals surface area contributed by atoms with E-state index in [9.17, 15) is 0 Å². The van der Waals surface area contributed by atoms with Crippen LogP contribution < -0.4 is 11.1 Å². The number of aliphatic hydroxyl groups is 1. The van der Waals surface area contributed by atoms with E-state index >= 15 is 0 Å². The fourth-order valence-electron chi connectivity index (χ4n) is 1.76. The lowest BCUT2D eigenvalue weighted by Crippen LogP contribution is -2.16. The maximum Gasteiger partial charge on any atom is 0.146 e. The van der Waals surface area contributed by atoms with Gasteiger partial charge in [0.1, 0.15) is 5.82 Å². The van der Waals surface area contributed by atoms with Gasteiger partial charge in [0.15, 0.2) is 0 Å². The third-order valence-electron chi connectivity index (χ3n) is 2.65. The summed E-state index contributed by atoms with van der Waals surface area (Å²) in [5, 5.41) is 12.2. The first kappa shape index (κ1) is 12.8. The minimum Gasteiger partial charge on any atom is -0.396 e. The van der Waals surface area contributed by atoms with Crippen molar-refractivity contribution in [2.45, 2.75) is 26.2 Å². The molecular weight excluding hydrogens is 202 g/mol. The van der Waals surface area contributed by atoms with Crippen molar-refractivity contribution in [3.05, 3.63) is 18.3 Å².